The van der Waals surface area contributed by atoms with Crippen LogP contribution in [0.15, 0.2) is 12.5 Å². The molecule has 158 valence electrons. The lowest BCUT2D eigenvalue weighted by molar-refractivity contribution is -0.142. The number of carboxylic acids is 1. The number of aromatic nitrogens is 2. The number of H-pyrrole nitrogens is 1. The summed E-state index contributed by atoms with van der Waals surface area (Å²) in [6.45, 7) is 4.25. The number of amides is 2. The number of carbonyl (C=O) groups excluding carboxylic acids is 2. The van der Waals surface area contributed by atoms with E-state index in [1.165, 1.54) is 12.5 Å². The summed E-state index contributed by atoms with van der Waals surface area (Å²) in [6, 6.07) is -2.77. The maximum atomic E-state index is 12.7. The summed E-state index contributed by atoms with van der Waals surface area (Å²) < 4.78 is 0. The molecule has 0 fully saturated rings. The first-order valence-corrected chi connectivity index (χ1v) is 9.51. The Kier molecular flexibility index (Phi) is 10.2. The second-order valence-electron chi connectivity index (χ2n) is 7.26. The van der Waals surface area contributed by atoms with Gasteiger partial charge in [0.1, 0.15) is 12.1 Å². The first kappa shape index (κ1) is 23.6. The van der Waals surface area contributed by atoms with Crippen molar-refractivity contribution in [1.29, 1.82) is 0 Å². The van der Waals surface area contributed by atoms with Crippen LogP contribution in [0.5, 0.6) is 0 Å². The van der Waals surface area contributed by atoms with Crippen molar-refractivity contribution >= 4 is 17.8 Å². The van der Waals surface area contributed by atoms with Gasteiger partial charge in [-0.3, -0.25) is 9.59 Å². The minimum atomic E-state index is -1.12. The molecule has 0 spiro atoms. The van der Waals surface area contributed by atoms with Crippen LogP contribution >= 0.6 is 0 Å². The number of carboxylic acid groups (broad SMARTS) is 1. The third kappa shape index (κ3) is 8.49. The highest BCUT2D eigenvalue weighted by atomic mass is 16.4. The molecule has 1 aromatic heterocycles. The average molecular weight is 396 g/mol. The molecular formula is C18H32N6O4. The van der Waals surface area contributed by atoms with Gasteiger partial charge in [-0.15, -0.1) is 0 Å². The molecule has 0 aliphatic heterocycles. The van der Waals surface area contributed by atoms with E-state index in [0.29, 0.717) is 25.1 Å². The van der Waals surface area contributed by atoms with Gasteiger partial charge < -0.3 is 32.2 Å². The van der Waals surface area contributed by atoms with Crippen LogP contribution in [-0.4, -0.2) is 57.5 Å². The summed E-state index contributed by atoms with van der Waals surface area (Å²) in [4.78, 5) is 43.3. The van der Waals surface area contributed by atoms with Crippen molar-refractivity contribution < 1.29 is 19.5 Å². The van der Waals surface area contributed by atoms with Crippen LogP contribution in [0, 0.1) is 5.92 Å². The Balaban J connectivity index is 2.81. The highest BCUT2D eigenvalue weighted by Crippen LogP contribution is 2.07. The van der Waals surface area contributed by atoms with Crippen molar-refractivity contribution in [3.63, 3.8) is 0 Å². The number of nitrogens with one attached hydrogen (secondary N) is 3. The van der Waals surface area contributed by atoms with Gasteiger partial charge in [-0.05, 0) is 31.7 Å². The van der Waals surface area contributed by atoms with Gasteiger partial charge in [-0.1, -0.05) is 20.3 Å². The van der Waals surface area contributed by atoms with E-state index in [9.17, 15) is 19.5 Å². The van der Waals surface area contributed by atoms with E-state index in [4.69, 9.17) is 11.5 Å². The number of rotatable bonds is 13. The molecular weight excluding hydrogens is 364 g/mol. The molecule has 0 aromatic carbocycles. The summed E-state index contributed by atoms with van der Waals surface area (Å²) in [6.07, 6.45) is 5.34. The topological polar surface area (TPSA) is 176 Å². The lowest BCUT2D eigenvalue weighted by Gasteiger charge is -2.23. The molecule has 10 nitrogen and oxygen atoms in total. The molecule has 3 atom stereocenters. The van der Waals surface area contributed by atoms with Crippen molar-refractivity contribution in [2.75, 3.05) is 6.54 Å². The fourth-order valence-corrected chi connectivity index (χ4v) is 2.71. The normalized spacial score (nSPS) is 14.3. The summed E-state index contributed by atoms with van der Waals surface area (Å²) in [5, 5.41) is 14.5. The molecule has 0 unspecified atom stereocenters. The number of aliphatic carboxylic acids is 1. The van der Waals surface area contributed by atoms with Crippen LogP contribution in [0.3, 0.4) is 0 Å². The third-order valence-corrected chi connectivity index (χ3v) is 4.24. The van der Waals surface area contributed by atoms with Crippen molar-refractivity contribution in [2.24, 2.45) is 17.4 Å². The zero-order valence-corrected chi connectivity index (χ0v) is 16.5. The molecule has 1 rings (SSSR count). The predicted molar refractivity (Wildman–Crippen MR) is 104 cm³/mol. The minimum Gasteiger partial charge on any atom is -0.480 e. The number of carbonyl (C=O) groups is 3. The molecule has 1 aromatic rings. The van der Waals surface area contributed by atoms with Crippen molar-refractivity contribution in [1.82, 2.24) is 20.6 Å². The van der Waals surface area contributed by atoms with E-state index >= 15 is 0 Å². The molecule has 1 heterocycles. The van der Waals surface area contributed by atoms with Crippen LogP contribution in [0.1, 0.15) is 45.2 Å². The minimum absolute atomic E-state index is 0.0815. The van der Waals surface area contributed by atoms with Gasteiger partial charge in [0.05, 0.1) is 12.4 Å². The maximum absolute atomic E-state index is 12.7. The number of aromatic amines is 1. The monoisotopic (exact) mass is 396 g/mol. The van der Waals surface area contributed by atoms with Gasteiger partial charge in [0.15, 0.2) is 0 Å². The zero-order valence-electron chi connectivity index (χ0n) is 16.5. The maximum Gasteiger partial charge on any atom is 0.326 e. The Labute approximate surface area is 164 Å². The lowest BCUT2D eigenvalue weighted by Crippen LogP contribution is -2.55. The second kappa shape index (κ2) is 12.1. The molecule has 0 aliphatic carbocycles. The van der Waals surface area contributed by atoms with Crippen LogP contribution in [-0.2, 0) is 20.8 Å². The van der Waals surface area contributed by atoms with E-state index < -0.39 is 35.9 Å². The van der Waals surface area contributed by atoms with Crippen molar-refractivity contribution in [2.45, 2.75) is 64.1 Å². The quantitative estimate of drug-likeness (QED) is 0.244. The summed E-state index contributed by atoms with van der Waals surface area (Å²) in [5.74, 6) is -2.08. The van der Waals surface area contributed by atoms with E-state index in [2.05, 4.69) is 20.6 Å². The molecule has 0 aliphatic rings. The van der Waals surface area contributed by atoms with Gasteiger partial charge in [0, 0.05) is 18.3 Å². The van der Waals surface area contributed by atoms with Gasteiger partial charge in [0.2, 0.25) is 11.8 Å². The smallest absolute Gasteiger partial charge is 0.326 e. The van der Waals surface area contributed by atoms with E-state index in [-0.39, 0.29) is 18.8 Å². The van der Waals surface area contributed by atoms with Gasteiger partial charge in [0.25, 0.3) is 0 Å². The molecule has 0 saturated heterocycles. The van der Waals surface area contributed by atoms with Crippen LogP contribution < -0.4 is 22.1 Å². The summed E-state index contributed by atoms with van der Waals surface area (Å²) in [7, 11) is 0. The van der Waals surface area contributed by atoms with Gasteiger partial charge in [-0.25, -0.2) is 9.78 Å². The molecule has 0 radical (unpaired) electrons. The Morgan fingerprint density at radius 1 is 1.18 bits per heavy atom. The Morgan fingerprint density at radius 2 is 1.86 bits per heavy atom. The fraction of sp³-hybridized carbons (Fsp3) is 0.667. The Morgan fingerprint density at radius 3 is 2.39 bits per heavy atom. The second-order valence-corrected chi connectivity index (χ2v) is 7.26. The third-order valence-electron chi connectivity index (χ3n) is 4.24. The fourth-order valence-electron chi connectivity index (χ4n) is 2.71. The van der Waals surface area contributed by atoms with E-state index in [1.807, 2.05) is 13.8 Å². The van der Waals surface area contributed by atoms with Crippen LogP contribution in [0.25, 0.3) is 0 Å². The largest absolute Gasteiger partial charge is 0.480 e. The first-order valence-electron chi connectivity index (χ1n) is 9.51. The van der Waals surface area contributed by atoms with Crippen molar-refractivity contribution in [3.05, 3.63) is 18.2 Å². The summed E-state index contributed by atoms with van der Waals surface area (Å²) in [5.41, 5.74) is 12.0. The number of imidazole rings is 1. The number of hydrogen-bond donors (Lipinski definition) is 6. The average Bonchev–Trinajstić information content (AvgIpc) is 3.13. The van der Waals surface area contributed by atoms with Crippen LogP contribution in [0.4, 0.5) is 0 Å². The summed E-state index contributed by atoms with van der Waals surface area (Å²) >= 11 is 0. The number of nitrogens with two attached hydrogens (primary N) is 2. The van der Waals surface area contributed by atoms with E-state index in [1.54, 1.807) is 0 Å². The molecule has 8 N–H and O–H groups in total. The molecule has 0 saturated carbocycles. The molecule has 28 heavy (non-hydrogen) atoms. The number of nitrogens with zero attached hydrogens (tertiary/aromatic N) is 1. The van der Waals surface area contributed by atoms with Crippen LogP contribution in [0.2, 0.25) is 0 Å². The molecule has 2 amide bonds. The zero-order chi connectivity index (χ0) is 21.1. The predicted octanol–water partition coefficient (Wildman–Crippen LogP) is -0.491. The standard InChI is InChI=1S/C18H32N6O4/c1-11(2)7-15(18(27)28)24-17(26)14(8-12-9-21-10-22-12)23-16(25)13(20)5-3-4-6-19/h9-11,13-15H,3-8,19-20H2,1-2H3,(H,21,22)(H,23,25)(H,24,26)(H,27,28)/t13-,14-,15-/m0/s1. The number of hydrogen-bond acceptors (Lipinski definition) is 6. The van der Waals surface area contributed by atoms with Crippen molar-refractivity contribution in [3.8, 4) is 0 Å². The lowest BCUT2D eigenvalue weighted by atomic mass is 10.0. The highest BCUT2D eigenvalue weighted by molar-refractivity contribution is 5.91. The van der Waals surface area contributed by atoms with E-state index in [0.717, 1.165) is 6.42 Å². The first-order chi connectivity index (χ1) is 13.2. The Hall–Kier alpha value is -2.46. The van der Waals surface area contributed by atoms with Gasteiger partial charge in [-0.2, -0.15) is 0 Å². The van der Waals surface area contributed by atoms with Gasteiger partial charge >= 0.3 is 5.97 Å². The number of unbranched alkanes of at least 4 members (excludes halogenated alkanes) is 1. The highest BCUT2D eigenvalue weighted by Gasteiger charge is 2.28. The molecule has 10 heteroatoms. The SMILES string of the molecule is CC(C)C[C@H](NC(=O)[C@H](Cc1cnc[nH]1)NC(=O)[C@@H](N)CCCCN)C(=O)O. The molecule has 0 bridgehead atoms. The Bertz CT molecular complexity index is 620.